The Morgan fingerprint density at radius 3 is 0.747 bits per heavy atom. The number of unbranched alkanes of at least 4 members (excludes halogenated alkanes) is 40. The van der Waals surface area contributed by atoms with Crippen LogP contribution in [0.4, 0.5) is 0 Å². The van der Waals surface area contributed by atoms with Crippen molar-refractivity contribution in [2.45, 2.75) is 361 Å². The van der Waals surface area contributed by atoms with Gasteiger partial charge in [-0.1, -0.05) is 351 Å². The zero-order valence-corrected chi connectivity index (χ0v) is 52.6. The van der Waals surface area contributed by atoms with Crippen LogP contribution in [0, 0.1) is 0 Å². The van der Waals surface area contributed by atoms with Gasteiger partial charge < -0.3 is 14.2 Å². The smallest absolute Gasteiger partial charge is 0.306 e. The van der Waals surface area contributed by atoms with E-state index in [0.29, 0.717) is 19.3 Å². The molecule has 0 aliphatic heterocycles. The predicted octanol–water partition coefficient (Wildman–Crippen LogP) is 23.7. The van der Waals surface area contributed by atoms with Crippen LogP contribution in [0.25, 0.3) is 0 Å². The zero-order chi connectivity index (χ0) is 57.1. The minimum atomic E-state index is -0.813. The summed E-state index contributed by atoms with van der Waals surface area (Å²) in [7, 11) is 0. The molecule has 0 aliphatic rings. The first-order valence-electron chi connectivity index (χ1n) is 34.4. The third kappa shape index (κ3) is 65.5. The lowest BCUT2D eigenvalue weighted by molar-refractivity contribution is -0.166. The fourth-order valence-electron chi connectivity index (χ4n) is 10.1. The van der Waals surface area contributed by atoms with Crippen LogP contribution in [-0.2, 0) is 28.6 Å². The molecule has 458 valence electrons. The van der Waals surface area contributed by atoms with Gasteiger partial charge in [-0.2, -0.15) is 0 Å². The van der Waals surface area contributed by atoms with Crippen molar-refractivity contribution < 1.29 is 28.6 Å². The van der Waals surface area contributed by atoms with Gasteiger partial charge in [0, 0.05) is 19.3 Å². The van der Waals surface area contributed by atoms with E-state index in [9.17, 15) is 14.4 Å². The predicted molar refractivity (Wildman–Crippen MR) is 344 cm³/mol. The molecule has 0 N–H and O–H groups in total. The summed E-state index contributed by atoms with van der Waals surface area (Å²) in [5.41, 5.74) is 0. The van der Waals surface area contributed by atoms with Gasteiger partial charge in [0.25, 0.3) is 0 Å². The summed E-state index contributed by atoms with van der Waals surface area (Å²) in [4.78, 5) is 38.2. The first-order chi connectivity index (χ1) is 39.0. The molecular weight excluding hydrogens is 973 g/mol. The fraction of sp³-hybridized carbons (Fsp3) is 0.795. The number of esters is 3. The largest absolute Gasteiger partial charge is 0.462 e. The molecule has 0 aromatic carbocycles. The molecule has 0 fully saturated rings. The molecule has 0 heterocycles. The Labute approximate surface area is 491 Å². The number of hydrogen-bond donors (Lipinski definition) is 0. The highest BCUT2D eigenvalue weighted by atomic mass is 16.6. The van der Waals surface area contributed by atoms with Gasteiger partial charge in [0.05, 0.1) is 0 Å². The van der Waals surface area contributed by atoms with Crippen molar-refractivity contribution in [2.75, 3.05) is 13.2 Å². The lowest BCUT2D eigenvalue weighted by Gasteiger charge is -2.18. The zero-order valence-electron chi connectivity index (χ0n) is 52.6. The van der Waals surface area contributed by atoms with E-state index in [-0.39, 0.29) is 37.5 Å². The third-order valence-electron chi connectivity index (χ3n) is 15.2. The molecule has 0 bridgehead atoms. The molecule has 0 radical (unpaired) electrons. The van der Waals surface area contributed by atoms with Crippen LogP contribution in [0.2, 0.25) is 0 Å². The van der Waals surface area contributed by atoms with Gasteiger partial charge in [-0.05, 0) is 57.8 Å². The van der Waals surface area contributed by atoms with Crippen molar-refractivity contribution in [3.63, 3.8) is 0 Å². The first-order valence-corrected chi connectivity index (χ1v) is 34.4. The quantitative estimate of drug-likeness (QED) is 0.0261. The molecule has 0 amide bonds. The topological polar surface area (TPSA) is 78.9 Å². The number of rotatable bonds is 63. The van der Waals surface area contributed by atoms with Gasteiger partial charge in [-0.3, -0.25) is 14.4 Å². The van der Waals surface area contributed by atoms with Crippen LogP contribution in [-0.4, -0.2) is 37.2 Å². The molecule has 1 unspecified atom stereocenters. The Bertz CT molecular complexity index is 1450. The van der Waals surface area contributed by atoms with E-state index in [1.807, 2.05) is 6.08 Å². The Balaban J connectivity index is 4.15. The maximum atomic E-state index is 12.8. The van der Waals surface area contributed by atoms with Crippen molar-refractivity contribution in [2.24, 2.45) is 0 Å². The lowest BCUT2D eigenvalue weighted by Crippen LogP contribution is -2.30. The molecule has 79 heavy (non-hydrogen) atoms. The van der Waals surface area contributed by atoms with Crippen LogP contribution >= 0.6 is 0 Å². The van der Waals surface area contributed by atoms with Crippen molar-refractivity contribution in [3.8, 4) is 0 Å². The van der Waals surface area contributed by atoms with E-state index in [0.717, 1.165) is 77.0 Å². The van der Waals surface area contributed by atoms with Crippen LogP contribution in [0.15, 0.2) is 72.9 Å². The third-order valence-corrected chi connectivity index (χ3v) is 15.2. The molecule has 0 saturated carbocycles. The molecule has 0 rings (SSSR count). The first kappa shape index (κ1) is 75.8. The highest BCUT2D eigenvalue weighted by Gasteiger charge is 2.19. The number of carbonyl (C=O) groups excluding carboxylic acids is 3. The minimum Gasteiger partial charge on any atom is -0.462 e. The fourth-order valence-corrected chi connectivity index (χ4v) is 10.1. The summed E-state index contributed by atoms with van der Waals surface area (Å²) in [5, 5.41) is 0. The van der Waals surface area contributed by atoms with Gasteiger partial charge in [0.2, 0.25) is 0 Å². The Kier molecular flexibility index (Phi) is 64.7. The Morgan fingerprint density at radius 2 is 0.494 bits per heavy atom. The maximum Gasteiger partial charge on any atom is 0.306 e. The van der Waals surface area contributed by atoms with Crippen LogP contribution in [0.5, 0.6) is 0 Å². The molecular formula is C73H130O6. The van der Waals surface area contributed by atoms with Crippen molar-refractivity contribution >= 4 is 17.9 Å². The van der Waals surface area contributed by atoms with E-state index in [1.54, 1.807) is 0 Å². The van der Waals surface area contributed by atoms with Gasteiger partial charge in [-0.15, -0.1) is 0 Å². The van der Waals surface area contributed by atoms with E-state index < -0.39 is 6.10 Å². The average molecular weight is 1100 g/mol. The van der Waals surface area contributed by atoms with E-state index in [2.05, 4.69) is 87.6 Å². The number of hydrogen-bond acceptors (Lipinski definition) is 6. The normalized spacial score (nSPS) is 12.5. The molecule has 0 aliphatic carbocycles. The summed E-state index contributed by atoms with van der Waals surface area (Å²) in [6, 6.07) is 0. The van der Waals surface area contributed by atoms with Gasteiger partial charge >= 0.3 is 17.9 Å². The van der Waals surface area contributed by atoms with Crippen LogP contribution < -0.4 is 0 Å². The van der Waals surface area contributed by atoms with Crippen molar-refractivity contribution in [3.05, 3.63) is 72.9 Å². The van der Waals surface area contributed by atoms with E-state index >= 15 is 0 Å². The highest BCUT2D eigenvalue weighted by molar-refractivity contribution is 5.71. The summed E-state index contributed by atoms with van der Waals surface area (Å²) < 4.78 is 16.8. The molecule has 6 heteroatoms. The summed E-state index contributed by atoms with van der Waals surface area (Å²) in [6.07, 6.45) is 88.3. The second kappa shape index (κ2) is 67.4. The number of allylic oxidation sites excluding steroid dienone is 12. The second-order valence-electron chi connectivity index (χ2n) is 23.1. The van der Waals surface area contributed by atoms with E-state index in [4.69, 9.17) is 14.2 Å². The average Bonchev–Trinajstić information content (AvgIpc) is 3.45. The standard InChI is InChI=1S/C73H130O6/c1-4-7-10-13-16-19-22-24-26-28-30-31-32-33-34-35-36-37-38-39-40-41-42-44-45-47-49-51-54-57-60-63-66-72(75)78-69-70(68-77-71(74)65-62-59-56-53-21-18-15-12-9-6-3)79-73(76)67-64-61-58-55-52-50-48-46-43-29-27-25-23-20-17-14-11-8-5-2/h8,11,17,20,25,27,43,46,50,52,58,61,70H,4-7,9-10,12-16,18-19,21-24,26,28-42,44-45,47-49,51,53-57,59-60,62-69H2,1-3H3/b11-8-,20-17-,27-25-,46-43-,52-50-,61-58-. The second-order valence-corrected chi connectivity index (χ2v) is 23.1. The molecule has 0 saturated heterocycles. The Hall–Kier alpha value is -3.15. The number of carbonyl (C=O) groups is 3. The van der Waals surface area contributed by atoms with Crippen molar-refractivity contribution in [1.82, 2.24) is 0 Å². The molecule has 0 aromatic heterocycles. The summed E-state index contributed by atoms with van der Waals surface area (Å²) >= 11 is 0. The van der Waals surface area contributed by atoms with Crippen LogP contribution in [0.1, 0.15) is 355 Å². The minimum absolute atomic E-state index is 0.102. The van der Waals surface area contributed by atoms with Crippen LogP contribution in [0.3, 0.4) is 0 Å². The highest BCUT2D eigenvalue weighted by Crippen LogP contribution is 2.18. The van der Waals surface area contributed by atoms with Gasteiger partial charge in [-0.25, -0.2) is 0 Å². The van der Waals surface area contributed by atoms with E-state index in [1.165, 1.54) is 231 Å². The molecule has 0 spiro atoms. The molecule has 0 aromatic rings. The lowest BCUT2D eigenvalue weighted by atomic mass is 10.0. The SMILES string of the molecule is CC/C=C\C/C=C\C/C=C\C/C=C\C/C=C\C/C=C\CCC(=O)OC(COC(=O)CCCCCCCCCCCC)COC(=O)CCCCCCCCCCCCCCCCCCCCCCCCCCCCCCCCCC. The number of ether oxygens (including phenoxy) is 3. The maximum absolute atomic E-state index is 12.8. The van der Waals surface area contributed by atoms with Crippen molar-refractivity contribution in [1.29, 1.82) is 0 Å². The monoisotopic (exact) mass is 1100 g/mol. The summed E-state index contributed by atoms with van der Waals surface area (Å²) in [6.45, 7) is 6.50. The molecule has 1 atom stereocenters. The van der Waals surface area contributed by atoms with Gasteiger partial charge in [0.15, 0.2) is 6.10 Å². The molecule has 6 nitrogen and oxygen atoms in total. The summed E-state index contributed by atoms with van der Waals surface area (Å²) in [5.74, 6) is -0.972. The Morgan fingerprint density at radius 1 is 0.266 bits per heavy atom. The van der Waals surface area contributed by atoms with Gasteiger partial charge in [0.1, 0.15) is 13.2 Å².